The molecule has 0 saturated heterocycles. The van der Waals surface area contributed by atoms with E-state index >= 15 is 0 Å². The van der Waals surface area contributed by atoms with E-state index in [4.69, 9.17) is 0 Å². The minimum absolute atomic E-state index is 0.0313. The zero-order valence-electron chi connectivity index (χ0n) is 19.5. The number of hydrogen-bond donors (Lipinski definition) is 3. The number of nitrogens with one attached hydrogen (secondary N) is 3. The van der Waals surface area contributed by atoms with Gasteiger partial charge >= 0.3 is 0 Å². The van der Waals surface area contributed by atoms with E-state index in [2.05, 4.69) is 37.5 Å². The molecule has 1 amide bonds. The molecular weight excluding hydrogens is 426 g/mol. The minimum Gasteiger partial charge on any atom is -0.358 e. The molecule has 1 fully saturated rings. The van der Waals surface area contributed by atoms with E-state index in [1.165, 1.54) is 32.1 Å². The highest BCUT2D eigenvalue weighted by atomic mass is 16.2. The van der Waals surface area contributed by atoms with Gasteiger partial charge in [0.2, 0.25) is 11.9 Å². The zero-order valence-corrected chi connectivity index (χ0v) is 19.5. The normalized spacial score (nSPS) is 14.8. The monoisotopic (exact) mass is 459 g/mol. The third-order valence-electron chi connectivity index (χ3n) is 6.11. The maximum Gasteiger partial charge on any atom is 0.242 e. The van der Waals surface area contributed by atoms with Crippen LogP contribution in [-0.2, 0) is 11.3 Å². The highest BCUT2D eigenvalue weighted by molar-refractivity contribution is 5.84. The van der Waals surface area contributed by atoms with Crippen LogP contribution in [0.25, 0.3) is 5.82 Å². The van der Waals surface area contributed by atoms with E-state index in [0.29, 0.717) is 30.8 Å². The van der Waals surface area contributed by atoms with Crippen molar-refractivity contribution in [2.75, 3.05) is 17.2 Å². The molecule has 1 aliphatic carbocycles. The number of aromatic nitrogens is 4. The third-order valence-corrected chi connectivity index (χ3v) is 6.11. The van der Waals surface area contributed by atoms with Crippen LogP contribution >= 0.6 is 0 Å². The lowest BCUT2D eigenvalue weighted by Crippen LogP contribution is -2.41. The number of carbonyl (C=O) groups excluding carboxylic acids is 1. The van der Waals surface area contributed by atoms with Crippen LogP contribution in [0.3, 0.4) is 0 Å². The Morgan fingerprint density at radius 3 is 2.74 bits per heavy atom. The molecule has 3 aromatic heterocycles. The minimum atomic E-state index is -0.389. The average molecular weight is 460 g/mol. The van der Waals surface area contributed by atoms with Gasteiger partial charge in [-0.2, -0.15) is 9.97 Å². The number of carbonyl (C=O) groups is 1. The van der Waals surface area contributed by atoms with Crippen LogP contribution in [-0.4, -0.2) is 38.0 Å². The van der Waals surface area contributed by atoms with Gasteiger partial charge in [-0.15, -0.1) is 6.58 Å². The number of anilines is 2. The van der Waals surface area contributed by atoms with Crippen LogP contribution in [0.15, 0.2) is 67.8 Å². The molecule has 0 spiro atoms. The summed E-state index contributed by atoms with van der Waals surface area (Å²) in [6.45, 7) is 4.75. The van der Waals surface area contributed by atoms with Crippen molar-refractivity contribution in [1.82, 2.24) is 24.8 Å². The number of nitrogens with zero attached hydrogens (tertiary/aromatic N) is 4. The van der Waals surface area contributed by atoms with Gasteiger partial charge in [-0.1, -0.05) is 44.2 Å². The van der Waals surface area contributed by atoms with Crippen LogP contribution in [0.5, 0.6) is 0 Å². The molecule has 34 heavy (non-hydrogen) atoms. The fourth-order valence-corrected chi connectivity index (χ4v) is 4.35. The Hall–Kier alpha value is -3.68. The van der Waals surface area contributed by atoms with Gasteiger partial charge in [-0.3, -0.25) is 9.78 Å². The summed E-state index contributed by atoms with van der Waals surface area (Å²) < 4.78 is 1.92. The average Bonchev–Trinajstić information content (AvgIpc) is 3.42. The van der Waals surface area contributed by atoms with E-state index in [9.17, 15) is 4.79 Å². The Morgan fingerprint density at radius 2 is 2.00 bits per heavy atom. The summed E-state index contributed by atoms with van der Waals surface area (Å²) in [5.74, 6) is 2.32. The zero-order chi connectivity index (χ0) is 23.6. The van der Waals surface area contributed by atoms with E-state index < -0.39 is 0 Å². The first-order chi connectivity index (χ1) is 16.7. The number of amides is 1. The fourth-order valence-electron chi connectivity index (χ4n) is 4.35. The molecule has 3 aromatic rings. The lowest BCUT2D eigenvalue weighted by molar-refractivity contribution is -0.122. The molecule has 1 atom stereocenters. The third kappa shape index (κ3) is 6.66. The molecule has 0 aromatic carbocycles. The molecule has 1 aliphatic rings. The van der Waals surface area contributed by atoms with E-state index in [1.807, 2.05) is 47.3 Å². The Bertz CT molecular complexity index is 1050. The molecular formula is C26H33N7O. The van der Waals surface area contributed by atoms with Crippen molar-refractivity contribution in [3.63, 3.8) is 0 Å². The molecule has 3 heterocycles. The second-order valence-electron chi connectivity index (χ2n) is 8.71. The summed E-state index contributed by atoms with van der Waals surface area (Å²) in [5, 5.41) is 9.67. The second-order valence-corrected chi connectivity index (χ2v) is 8.71. The molecule has 8 heteroatoms. The van der Waals surface area contributed by atoms with Gasteiger partial charge in [0.1, 0.15) is 17.7 Å². The molecule has 0 unspecified atom stereocenters. The van der Waals surface area contributed by atoms with E-state index in [1.54, 1.807) is 18.5 Å². The van der Waals surface area contributed by atoms with Crippen LogP contribution in [0.1, 0.15) is 44.1 Å². The van der Waals surface area contributed by atoms with Gasteiger partial charge in [0, 0.05) is 43.9 Å². The van der Waals surface area contributed by atoms with Gasteiger partial charge in [0.15, 0.2) is 0 Å². The molecule has 0 aliphatic heterocycles. The largest absolute Gasteiger partial charge is 0.358 e. The van der Waals surface area contributed by atoms with Crippen molar-refractivity contribution >= 4 is 17.7 Å². The molecule has 178 valence electrons. The van der Waals surface area contributed by atoms with Gasteiger partial charge in [-0.25, -0.2) is 0 Å². The van der Waals surface area contributed by atoms with Crippen LogP contribution in [0.2, 0.25) is 0 Å². The molecule has 3 N–H and O–H groups in total. The Labute approximate surface area is 200 Å². The van der Waals surface area contributed by atoms with Crippen LogP contribution in [0.4, 0.5) is 11.8 Å². The van der Waals surface area contributed by atoms with Crippen molar-refractivity contribution in [3.8, 4) is 5.82 Å². The fraction of sp³-hybridized carbons (Fsp3) is 0.385. The Morgan fingerprint density at radius 1 is 1.18 bits per heavy atom. The topological polar surface area (TPSA) is 96.8 Å². The lowest BCUT2D eigenvalue weighted by atomic mass is 9.84. The summed E-state index contributed by atoms with van der Waals surface area (Å²) in [5.41, 5.74) is 0.972. The predicted molar refractivity (Wildman–Crippen MR) is 135 cm³/mol. The smallest absolute Gasteiger partial charge is 0.242 e. The summed E-state index contributed by atoms with van der Waals surface area (Å²) in [6.07, 6.45) is 16.0. The van der Waals surface area contributed by atoms with E-state index in [-0.39, 0.29) is 11.9 Å². The molecule has 0 radical (unpaired) electrons. The summed E-state index contributed by atoms with van der Waals surface area (Å²) >= 11 is 0. The number of rotatable bonds is 11. The summed E-state index contributed by atoms with van der Waals surface area (Å²) in [6, 6.07) is 9.22. The molecule has 0 bridgehead atoms. The maximum absolute atomic E-state index is 13.3. The van der Waals surface area contributed by atoms with Crippen molar-refractivity contribution in [1.29, 1.82) is 0 Å². The molecule has 1 saturated carbocycles. The Balaban J connectivity index is 1.54. The van der Waals surface area contributed by atoms with Gasteiger partial charge < -0.3 is 20.5 Å². The van der Waals surface area contributed by atoms with Gasteiger partial charge in [-0.05, 0) is 36.1 Å². The second kappa shape index (κ2) is 12.0. The SMILES string of the molecule is C=CCNc1nc(N[C@H](CC2CCCCC2)C(=O)NCc2cccnc2)cc(-n2cccc2)n1. The lowest BCUT2D eigenvalue weighted by Gasteiger charge is -2.27. The highest BCUT2D eigenvalue weighted by Crippen LogP contribution is 2.28. The van der Waals surface area contributed by atoms with Crippen molar-refractivity contribution in [2.24, 2.45) is 5.92 Å². The number of hydrogen-bond acceptors (Lipinski definition) is 6. The van der Waals surface area contributed by atoms with Gasteiger partial charge in [0.25, 0.3) is 0 Å². The quantitative estimate of drug-likeness (QED) is 0.369. The molecule has 8 nitrogen and oxygen atoms in total. The van der Waals surface area contributed by atoms with Crippen molar-refractivity contribution in [3.05, 3.63) is 73.3 Å². The predicted octanol–water partition coefficient (Wildman–Crippen LogP) is 4.33. The highest BCUT2D eigenvalue weighted by Gasteiger charge is 2.25. The first-order valence-electron chi connectivity index (χ1n) is 12.0. The first kappa shape index (κ1) is 23.5. The number of pyridine rings is 1. The van der Waals surface area contributed by atoms with Crippen molar-refractivity contribution < 1.29 is 4.79 Å². The van der Waals surface area contributed by atoms with Crippen LogP contribution in [0, 0.1) is 5.92 Å². The maximum atomic E-state index is 13.3. The standard InChI is InChI=1S/C26H33N7O/c1-2-12-28-26-31-23(17-24(32-26)33-14-6-7-15-33)30-22(16-20-9-4-3-5-10-20)25(34)29-19-21-11-8-13-27-18-21/h2,6-8,11,13-15,17-18,20,22H,1,3-5,9-10,12,16,19H2,(H,29,34)(H2,28,30,31,32)/t22-/m1/s1. The molecule has 4 rings (SSSR count). The summed E-state index contributed by atoms with van der Waals surface area (Å²) in [4.78, 5) is 26.7. The van der Waals surface area contributed by atoms with Crippen LogP contribution < -0.4 is 16.0 Å². The Kier molecular flexibility index (Phi) is 8.27. The first-order valence-corrected chi connectivity index (χ1v) is 12.0. The summed E-state index contributed by atoms with van der Waals surface area (Å²) in [7, 11) is 0. The van der Waals surface area contributed by atoms with E-state index in [0.717, 1.165) is 17.8 Å². The van der Waals surface area contributed by atoms with Gasteiger partial charge in [0.05, 0.1) is 0 Å². The van der Waals surface area contributed by atoms with Crippen molar-refractivity contribution in [2.45, 2.75) is 51.1 Å².